The van der Waals surface area contributed by atoms with Crippen molar-refractivity contribution in [1.82, 2.24) is 10.3 Å². The third kappa shape index (κ3) is 3.05. The van der Waals surface area contributed by atoms with Crippen LogP contribution in [-0.2, 0) is 4.74 Å². The van der Waals surface area contributed by atoms with Crippen LogP contribution in [0.4, 0.5) is 5.69 Å². The number of methoxy groups -OCH3 is 1. The molecule has 5 heteroatoms. The average molecular weight is 273 g/mol. The van der Waals surface area contributed by atoms with Crippen LogP contribution in [0.15, 0.2) is 24.3 Å². The Kier molecular flexibility index (Phi) is 4.53. The molecule has 5 nitrogen and oxygen atoms in total. The molecule has 0 unspecified atom stereocenters. The molecule has 1 aromatic carbocycles. The summed E-state index contributed by atoms with van der Waals surface area (Å²) in [5.74, 6) is -0.109. The molecule has 0 saturated heterocycles. The Bertz CT molecular complexity index is 626. The van der Waals surface area contributed by atoms with Crippen molar-refractivity contribution in [1.29, 1.82) is 0 Å². The van der Waals surface area contributed by atoms with Gasteiger partial charge in [0.2, 0.25) is 0 Å². The fraction of sp³-hybridized carbons (Fsp3) is 0.333. The SMILES string of the molecule is COCCCNC(=O)c1cc(C)nc2c(N)cccc12. The van der Waals surface area contributed by atoms with Crippen molar-refractivity contribution in [3.63, 3.8) is 0 Å². The van der Waals surface area contributed by atoms with Crippen LogP contribution in [0.2, 0.25) is 0 Å². The lowest BCUT2D eigenvalue weighted by atomic mass is 10.1. The van der Waals surface area contributed by atoms with Gasteiger partial charge < -0.3 is 15.8 Å². The molecule has 0 bridgehead atoms. The van der Waals surface area contributed by atoms with E-state index in [1.165, 1.54) is 0 Å². The van der Waals surface area contributed by atoms with Gasteiger partial charge in [-0.1, -0.05) is 12.1 Å². The number of nitrogens with zero attached hydrogens (tertiary/aromatic N) is 1. The number of benzene rings is 1. The lowest BCUT2D eigenvalue weighted by molar-refractivity contribution is 0.0950. The number of para-hydroxylation sites is 1. The second-order valence-corrected chi connectivity index (χ2v) is 4.66. The monoisotopic (exact) mass is 273 g/mol. The Labute approximate surface area is 118 Å². The van der Waals surface area contributed by atoms with E-state index < -0.39 is 0 Å². The predicted octanol–water partition coefficient (Wildman–Crippen LogP) is 1.89. The van der Waals surface area contributed by atoms with E-state index in [-0.39, 0.29) is 5.91 Å². The highest BCUT2D eigenvalue weighted by Gasteiger charge is 2.12. The molecule has 0 radical (unpaired) electrons. The van der Waals surface area contributed by atoms with E-state index in [1.807, 2.05) is 19.1 Å². The van der Waals surface area contributed by atoms with Gasteiger partial charge in [0, 0.05) is 31.3 Å². The molecule has 20 heavy (non-hydrogen) atoms. The van der Waals surface area contributed by atoms with Crippen LogP contribution in [0.5, 0.6) is 0 Å². The highest BCUT2D eigenvalue weighted by molar-refractivity contribution is 6.08. The Morgan fingerprint density at radius 2 is 2.25 bits per heavy atom. The fourth-order valence-electron chi connectivity index (χ4n) is 2.10. The zero-order chi connectivity index (χ0) is 14.5. The summed E-state index contributed by atoms with van der Waals surface area (Å²) in [7, 11) is 1.64. The predicted molar refractivity (Wildman–Crippen MR) is 79.7 cm³/mol. The van der Waals surface area contributed by atoms with Gasteiger partial charge in [-0.2, -0.15) is 0 Å². The van der Waals surface area contributed by atoms with Gasteiger partial charge in [0.15, 0.2) is 0 Å². The average Bonchev–Trinajstić information content (AvgIpc) is 2.43. The minimum Gasteiger partial charge on any atom is -0.397 e. The first kappa shape index (κ1) is 14.3. The maximum atomic E-state index is 12.3. The number of nitrogen functional groups attached to an aromatic ring is 1. The van der Waals surface area contributed by atoms with Crippen molar-refractivity contribution in [3.05, 3.63) is 35.5 Å². The van der Waals surface area contributed by atoms with Crippen LogP contribution in [0.25, 0.3) is 10.9 Å². The lowest BCUT2D eigenvalue weighted by Gasteiger charge is -2.10. The van der Waals surface area contributed by atoms with E-state index in [9.17, 15) is 4.79 Å². The summed E-state index contributed by atoms with van der Waals surface area (Å²) in [6.07, 6.45) is 0.784. The van der Waals surface area contributed by atoms with Crippen LogP contribution in [-0.4, -0.2) is 31.2 Å². The largest absolute Gasteiger partial charge is 0.397 e. The molecule has 0 saturated carbocycles. The number of aromatic nitrogens is 1. The standard InChI is InChI=1S/C15H19N3O2/c1-10-9-12(15(19)17-7-4-8-20-2)11-5-3-6-13(16)14(11)18-10/h3,5-6,9H,4,7-8,16H2,1-2H3,(H,17,19). The summed E-state index contributed by atoms with van der Waals surface area (Å²) >= 11 is 0. The van der Waals surface area contributed by atoms with Gasteiger partial charge in [0.1, 0.15) is 0 Å². The normalized spacial score (nSPS) is 10.7. The molecule has 0 aliphatic rings. The van der Waals surface area contributed by atoms with Crippen molar-refractivity contribution in [3.8, 4) is 0 Å². The van der Waals surface area contributed by atoms with Crippen LogP contribution >= 0.6 is 0 Å². The Morgan fingerprint density at radius 1 is 1.45 bits per heavy atom. The molecular weight excluding hydrogens is 254 g/mol. The maximum Gasteiger partial charge on any atom is 0.252 e. The Morgan fingerprint density at radius 3 is 3.00 bits per heavy atom. The highest BCUT2D eigenvalue weighted by Crippen LogP contribution is 2.23. The third-order valence-corrected chi connectivity index (χ3v) is 3.05. The minimum absolute atomic E-state index is 0.109. The number of nitrogens with two attached hydrogens (primary N) is 1. The Balaban J connectivity index is 2.29. The van der Waals surface area contributed by atoms with Crippen LogP contribution in [0.3, 0.4) is 0 Å². The third-order valence-electron chi connectivity index (χ3n) is 3.05. The molecule has 3 N–H and O–H groups in total. The molecule has 0 atom stereocenters. The first-order valence-electron chi connectivity index (χ1n) is 6.56. The number of ether oxygens (including phenoxy) is 1. The molecule has 0 spiro atoms. The first-order valence-corrected chi connectivity index (χ1v) is 6.56. The number of amides is 1. The van der Waals surface area contributed by atoms with Gasteiger partial charge in [-0.05, 0) is 25.5 Å². The minimum atomic E-state index is -0.109. The van der Waals surface area contributed by atoms with Gasteiger partial charge in [-0.15, -0.1) is 0 Å². The smallest absolute Gasteiger partial charge is 0.252 e. The molecule has 106 valence electrons. The van der Waals surface area contributed by atoms with Crippen LogP contribution in [0.1, 0.15) is 22.5 Å². The van der Waals surface area contributed by atoms with Gasteiger partial charge in [-0.3, -0.25) is 9.78 Å². The maximum absolute atomic E-state index is 12.3. The Hall–Kier alpha value is -2.14. The highest BCUT2D eigenvalue weighted by atomic mass is 16.5. The van der Waals surface area contributed by atoms with Crippen LogP contribution < -0.4 is 11.1 Å². The van der Waals surface area contributed by atoms with E-state index in [4.69, 9.17) is 10.5 Å². The second kappa shape index (κ2) is 6.34. The lowest BCUT2D eigenvalue weighted by Crippen LogP contribution is -2.25. The molecule has 0 fully saturated rings. The van der Waals surface area contributed by atoms with Crippen LogP contribution in [0, 0.1) is 6.92 Å². The summed E-state index contributed by atoms with van der Waals surface area (Å²) < 4.78 is 4.96. The summed E-state index contributed by atoms with van der Waals surface area (Å²) in [6, 6.07) is 7.26. The van der Waals surface area contributed by atoms with E-state index in [0.29, 0.717) is 29.9 Å². The molecule has 1 amide bonds. The quantitative estimate of drug-likeness (QED) is 0.644. The number of carbonyl (C=O) groups excluding carboxylic acids is 1. The number of fused-ring (bicyclic) bond motifs is 1. The molecule has 0 aliphatic carbocycles. The molecular formula is C15H19N3O2. The van der Waals surface area contributed by atoms with E-state index in [0.717, 1.165) is 17.5 Å². The van der Waals surface area contributed by atoms with Crippen molar-refractivity contribution in [2.45, 2.75) is 13.3 Å². The van der Waals surface area contributed by atoms with Gasteiger partial charge >= 0.3 is 0 Å². The fourth-order valence-corrected chi connectivity index (χ4v) is 2.10. The number of hydrogen-bond acceptors (Lipinski definition) is 4. The first-order chi connectivity index (χ1) is 9.63. The molecule has 0 aliphatic heterocycles. The van der Waals surface area contributed by atoms with Gasteiger partial charge in [0.25, 0.3) is 5.91 Å². The summed E-state index contributed by atoms with van der Waals surface area (Å²) in [5.41, 5.74) is 8.57. The molecule has 2 rings (SSSR count). The topological polar surface area (TPSA) is 77.2 Å². The number of rotatable bonds is 5. The number of aryl methyl sites for hydroxylation is 1. The molecule has 2 aromatic rings. The summed E-state index contributed by atoms with van der Waals surface area (Å²) in [5, 5.41) is 3.66. The van der Waals surface area contributed by atoms with E-state index in [2.05, 4.69) is 10.3 Å². The van der Waals surface area contributed by atoms with Crippen molar-refractivity contribution >= 4 is 22.5 Å². The number of carbonyl (C=O) groups is 1. The van der Waals surface area contributed by atoms with Crippen molar-refractivity contribution in [2.75, 3.05) is 26.0 Å². The van der Waals surface area contributed by atoms with Crippen molar-refractivity contribution in [2.24, 2.45) is 0 Å². The van der Waals surface area contributed by atoms with Crippen molar-refractivity contribution < 1.29 is 9.53 Å². The summed E-state index contributed by atoms with van der Waals surface area (Å²) in [4.78, 5) is 16.7. The second-order valence-electron chi connectivity index (χ2n) is 4.66. The number of pyridine rings is 1. The summed E-state index contributed by atoms with van der Waals surface area (Å²) in [6.45, 7) is 3.06. The van der Waals surface area contributed by atoms with Gasteiger partial charge in [-0.25, -0.2) is 0 Å². The number of hydrogen-bond donors (Lipinski definition) is 2. The number of anilines is 1. The molecule has 1 aromatic heterocycles. The molecule has 1 heterocycles. The zero-order valence-corrected chi connectivity index (χ0v) is 11.8. The van der Waals surface area contributed by atoms with Gasteiger partial charge in [0.05, 0.1) is 16.8 Å². The zero-order valence-electron chi connectivity index (χ0n) is 11.8. The van der Waals surface area contributed by atoms with E-state index in [1.54, 1.807) is 19.2 Å². The number of nitrogens with one attached hydrogen (secondary N) is 1. The van der Waals surface area contributed by atoms with E-state index >= 15 is 0 Å².